The third kappa shape index (κ3) is 9.66. The third-order valence-electron chi connectivity index (χ3n) is 3.14. The van der Waals surface area contributed by atoms with E-state index in [9.17, 15) is 14.4 Å². The normalized spacial score (nSPS) is 10.8. The number of carbonyl (C=O) groups excluding carboxylic acids is 3. The van der Waals surface area contributed by atoms with Crippen LogP contribution in [-0.2, 0) is 30.4 Å². The number of esters is 2. The second-order valence-electron chi connectivity index (χ2n) is 6.70. The highest BCUT2D eigenvalue weighted by atomic mass is 16.6. The summed E-state index contributed by atoms with van der Waals surface area (Å²) in [6.45, 7) is 7.02. The molecule has 0 aromatic heterocycles. The highest BCUT2D eigenvalue weighted by molar-refractivity contribution is 5.72. The van der Waals surface area contributed by atoms with Crippen LogP contribution in [0.5, 0.6) is 0 Å². The summed E-state index contributed by atoms with van der Waals surface area (Å²) in [5.41, 5.74) is 0.265. The van der Waals surface area contributed by atoms with Crippen LogP contribution >= 0.6 is 0 Å². The van der Waals surface area contributed by atoms with Gasteiger partial charge in [0.15, 0.2) is 0 Å². The number of amides is 1. The van der Waals surface area contributed by atoms with Crippen LogP contribution in [0.15, 0.2) is 30.3 Å². The Balaban J connectivity index is 2.57. The molecule has 0 saturated carbocycles. The molecule has 0 radical (unpaired) electrons. The smallest absolute Gasteiger partial charge is 0.410 e. The zero-order valence-electron chi connectivity index (χ0n) is 15.8. The number of ether oxygens (including phenoxy) is 3. The van der Waals surface area contributed by atoms with E-state index in [1.807, 2.05) is 30.3 Å². The maximum atomic E-state index is 12.3. The van der Waals surface area contributed by atoms with E-state index in [4.69, 9.17) is 14.2 Å². The first-order chi connectivity index (χ1) is 12.2. The largest absolute Gasteiger partial charge is 0.464 e. The lowest BCUT2D eigenvalue weighted by molar-refractivity contribution is -0.155. The van der Waals surface area contributed by atoms with Crippen molar-refractivity contribution in [1.82, 2.24) is 4.90 Å². The second kappa shape index (κ2) is 10.4. The van der Waals surface area contributed by atoms with E-state index in [1.165, 1.54) is 11.8 Å². The first-order valence-electron chi connectivity index (χ1n) is 8.48. The van der Waals surface area contributed by atoms with Crippen LogP contribution in [0, 0.1) is 0 Å². The van der Waals surface area contributed by atoms with Gasteiger partial charge in [0, 0.05) is 13.5 Å². The quantitative estimate of drug-likeness (QED) is 0.520. The van der Waals surface area contributed by atoms with Gasteiger partial charge in [0.2, 0.25) is 0 Å². The van der Waals surface area contributed by atoms with Crippen LogP contribution in [0.25, 0.3) is 0 Å². The van der Waals surface area contributed by atoms with Gasteiger partial charge in [-0.1, -0.05) is 30.3 Å². The molecule has 0 heterocycles. The van der Waals surface area contributed by atoms with Gasteiger partial charge in [0.25, 0.3) is 0 Å². The van der Waals surface area contributed by atoms with Crippen molar-refractivity contribution in [1.29, 1.82) is 0 Å². The van der Waals surface area contributed by atoms with Crippen LogP contribution < -0.4 is 0 Å². The first-order valence-corrected chi connectivity index (χ1v) is 8.48. The number of hydrogen-bond donors (Lipinski definition) is 0. The van der Waals surface area contributed by atoms with Gasteiger partial charge in [0.1, 0.15) is 18.8 Å². The zero-order chi connectivity index (χ0) is 19.6. The minimum absolute atomic E-state index is 0.0256. The molecule has 0 aliphatic heterocycles. The second-order valence-corrected chi connectivity index (χ2v) is 6.70. The molecule has 0 unspecified atom stereocenters. The van der Waals surface area contributed by atoms with Crippen LogP contribution in [0.3, 0.4) is 0 Å². The van der Waals surface area contributed by atoms with Crippen molar-refractivity contribution in [2.75, 3.05) is 19.7 Å². The number of benzene rings is 1. The molecular weight excluding hydrogens is 338 g/mol. The summed E-state index contributed by atoms with van der Waals surface area (Å²) >= 11 is 0. The third-order valence-corrected chi connectivity index (χ3v) is 3.14. The van der Waals surface area contributed by atoms with Gasteiger partial charge in [-0.25, -0.2) is 4.79 Å². The van der Waals surface area contributed by atoms with E-state index < -0.39 is 23.6 Å². The molecule has 1 aromatic carbocycles. The van der Waals surface area contributed by atoms with E-state index in [-0.39, 0.29) is 32.7 Å². The molecule has 7 heteroatoms. The Morgan fingerprint density at radius 2 is 1.65 bits per heavy atom. The van der Waals surface area contributed by atoms with Gasteiger partial charge in [-0.15, -0.1) is 0 Å². The molecule has 0 aliphatic rings. The van der Waals surface area contributed by atoms with Crippen molar-refractivity contribution in [3.63, 3.8) is 0 Å². The Labute approximate surface area is 154 Å². The van der Waals surface area contributed by atoms with Gasteiger partial charge in [0.05, 0.1) is 13.0 Å². The summed E-state index contributed by atoms with van der Waals surface area (Å²) in [6, 6.07) is 9.26. The molecule has 0 atom stereocenters. The lowest BCUT2D eigenvalue weighted by Crippen LogP contribution is -2.37. The molecule has 0 spiro atoms. The monoisotopic (exact) mass is 365 g/mol. The first kappa shape index (κ1) is 21.5. The topological polar surface area (TPSA) is 82.1 Å². The Hall–Kier alpha value is -2.57. The van der Waals surface area contributed by atoms with E-state index in [0.717, 1.165) is 5.56 Å². The standard InChI is InChI=1S/C19H27NO6/c1-15(21)24-13-12-20(11-10-17(22)26-19(2,3)4)18(23)25-14-16-8-6-5-7-9-16/h5-9H,10-14H2,1-4H3. The van der Waals surface area contributed by atoms with Gasteiger partial charge >= 0.3 is 18.0 Å². The molecule has 1 rings (SSSR count). The van der Waals surface area contributed by atoms with Crippen molar-refractivity contribution in [2.45, 2.75) is 46.3 Å². The molecule has 0 aliphatic carbocycles. The lowest BCUT2D eigenvalue weighted by atomic mass is 10.2. The molecule has 7 nitrogen and oxygen atoms in total. The average Bonchev–Trinajstić information content (AvgIpc) is 2.54. The van der Waals surface area contributed by atoms with E-state index in [2.05, 4.69) is 0 Å². The zero-order valence-corrected chi connectivity index (χ0v) is 15.8. The molecule has 0 saturated heterocycles. The summed E-state index contributed by atoms with van der Waals surface area (Å²) in [5, 5.41) is 0. The predicted octanol–water partition coefficient (Wildman–Crippen LogP) is 2.92. The summed E-state index contributed by atoms with van der Waals surface area (Å²) in [5.74, 6) is -0.847. The van der Waals surface area contributed by atoms with Crippen molar-refractivity contribution in [3.8, 4) is 0 Å². The van der Waals surface area contributed by atoms with E-state index in [1.54, 1.807) is 20.8 Å². The minimum atomic E-state index is -0.590. The molecule has 0 N–H and O–H groups in total. The van der Waals surface area contributed by atoms with Crippen LogP contribution in [0.1, 0.15) is 39.7 Å². The van der Waals surface area contributed by atoms with E-state index in [0.29, 0.717) is 0 Å². The Morgan fingerprint density at radius 1 is 1.00 bits per heavy atom. The fraction of sp³-hybridized carbons (Fsp3) is 0.526. The highest BCUT2D eigenvalue weighted by Gasteiger charge is 2.20. The minimum Gasteiger partial charge on any atom is -0.464 e. The molecular formula is C19H27NO6. The van der Waals surface area contributed by atoms with Gasteiger partial charge < -0.3 is 19.1 Å². The van der Waals surface area contributed by atoms with Crippen molar-refractivity contribution < 1.29 is 28.6 Å². The van der Waals surface area contributed by atoms with Crippen LogP contribution in [-0.4, -0.2) is 48.2 Å². The fourth-order valence-corrected chi connectivity index (χ4v) is 2.02. The maximum Gasteiger partial charge on any atom is 0.410 e. The number of nitrogens with zero attached hydrogens (tertiary/aromatic N) is 1. The summed E-state index contributed by atoms with van der Waals surface area (Å²) in [4.78, 5) is 36.4. The number of hydrogen-bond acceptors (Lipinski definition) is 6. The molecule has 26 heavy (non-hydrogen) atoms. The summed E-state index contributed by atoms with van der Waals surface area (Å²) in [6.07, 6.45) is -0.554. The van der Waals surface area contributed by atoms with Crippen molar-refractivity contribution in [3.05, 3.63) is 35.9 Å². The van der Waals surface area contributed by atoms with Gasteiger partial charge in [-0.2, -0.15) is 0 Å². The highest BCUT2D eigenvalue weighted by Crippen LogP contribution is 2.09. The SMILES string of the molecule is CC(=O)OCCN(CCC(=O)OC(C)(C)C)C(=O)OCc1ccccc1. The van der Waals surface area contributed by atoms with Crippen LogP contribution in [0.4, 0.5) is 4.79 Å². The predicted molar refractivity (Wildman–Crippen MR) is 95.3 cm³/mol. The van der Waals surface area contributed by atoms with Crippen molar-refractivity contribution >= 4 is 18.0 Å². The average molecular weight is 365 g/mol. The Kier molecular flexibility index (Phi) is 8.61. The van der Waals surface area contributed by atoms with E-state index >= 15 is 0 Å². The lowest BCUT2D eigenvalue weighted by Gasteiger charge is -2.23. The number of rotatable bonds is 8. The van der Waals surface area contributed by atoms with Gasteiger partial charge in [-0.05, 0) is 26.3 Å². The van der Waals surface area contributed by atoms with Crippen LogP contribution in [0.2, 0.25) is 0 Å². The van der Waals surface area contributed by atoms with Crippen molar-refractivity contribution in [2.24, 2.45) is 0 Å². The number of carbonyl (C=O) groups is 3. The van der Waals surface area contributed by atoms with Gasteiger partial charge in [-0.3, -0.25) is 9.59 Å². The maximum absolute atomic E-state index is 12.3. The molecule has 1 amide bonds. The Morgan fingerprint density at radius 3 is 2.23 bits per heavy atom. The fourth-order valence-electron chi connectivity index (χ4n) is 2.02. The molecule has 1 aromatic rings. The summed E-state index contributed by atoms with van der Waals surface area (Å²) in [7, 11) is 0. The Bertz CT molecular complexity index is 594. The molecule has 0 bridgehead atoms. The molecule has 0 fully saturated rings. The summed E-state index contributed by atoms with van der Waals surface area (Å²) < 4.78 is 15.4. The molecule has 144 valence electrons.